The predicted octanol–water partition coefficient (Wildman–Crippen LogP) is 4.78. The summed E-state index contributed by atoms with van der Waals surface area (Å²) in [6.07, 6.45) is -3.55. The number of hydrogen-bond acceptors (Lipinski definition) is 5. The molecular formula is C27H27ClF5N5O2. The Morgan fingerprint density at radius 2 is 1.90 bits per heavy atom. The molecule has 40 heavy (non-hydrogen) atoms. The minimum Gasteiger partial charge on any atom is -0.377 e. The van der Waals surface area contributed by atoms with Gasteiger partial charge in [-0.1, -0.05) is 29.8 Å². The summed E-state index contributed by atoms with van der Waals surface area (Å²) in [6, 6.07) is 8.76. The second-order valence-corrected chi connectivity index (χ2v) is 10.6. The molecule has 2 unspecified atom stereocenters. The molecule has 2 N–H and O–H groups in total. The Bertz CT molecular complexity index is 1410. The molecule has 0 fully saturated rings. The van der Waals surface area contributed by atoms with Gasteiger partial charge in [0.15, 0.2) is 17.5 Å². The number of alkyl halides is 3. The molecule has 214 valence electrons. The highest BCUT2D eigenvalue weighted by Crippen LogP contribution is 2.45. The van der Waals surface area contributed by atoms with E-state index in [9.17, 15) is 26.7 Å². The van der Waals surface area contributed by atoms with Crippen LogP contribution in [-0.4, -0.2) is 44.8 Å². The van der Waals surface area contributed by atoms with Crippen LogP contribution in [0.25, 0.3) is 0 Å². The number of halogens is 6. The summed E-state index contributed by atoms with van der Waals surface area (Å²) in [6.45, 7) is 0.247. The number of aromatic nitrogens is 3. The summed E-state index contributed by atoms with van der Waals surface area (Å²) in [5.74, 6) is -3.39. The lowest BCUT2D eigenvalue weighted by Gasteiger charge is -2.38. The van der Waals surface area contributed by atoms with Gasteiger partial charge in [0, 0.05) is 42.6 Å². The topological polar surface area (TPSA) is 86.3 Å². The fourth-order valence-electron chi connectivity index (χ4n) is 5.73. The van der Waals surface area contributed by atoms with E-state index in [4.69, 9.17) is 22.1 Å². The number of ether oxygens (including phenoxy) is 1. The summed E-state index contributed by atoms with van der Waals surface area (Å²) in [5, 5.41) is 7.42. The first-order valence-corrected chi connectivity index (χ1v) is 13.2. The average molecular weight is 584 g/mol. The van der Waals surface area contributed by atoms with Gasteiger partial charge in [0.25, 0.3) is 0 Å². The highest BCUT2D eigenvalue weighted by Gasteiger charge is 2.45. The van der Waals surface area contributed by atoms with E-state index in [1.54, 1.807) is 12.1 Å². The van der Waals surface area contributed by atoms with Gasteiger partial charge < -0.3 is 19.9 Å². The third kappa shape index (κ3) is 5.44. The van der Waals surface area contributed by atoms with Crippen LogP contribution >= 0.6 is 11.6 Å². The van der Waals surface area contributed by atoms with E-state index in [2.05, 4.69) is 10.2 Å². The van der Waals surface area contributed by atoms with Crippen LogP contribution in [0.2, 0.25) is 5.02 Å². The van der Waals surface area contributed by atoms with E-state index in [0.717, 1.165) is 16.2 Å². The molecule has 7 nitrogen and oxygen atoms in total. The molecule has 2 aliphatic rings. The molecule has 0 radical (unpaired) electrons. The maximum Gasteiger partial charge on any atom is 0.451 e. The van der Waals surface area contributed by atoms with E-state index in [0.29, 0.717) is 35.4 Å². The summed E-state index contributed by atoms with van der Waals surface area (Å²) in [7, 11) is 0. The second kappa shape index (κ2) is 11.1. The van der Waals surface area contributed by atoms with Crippen LogP contribution in [-0.2, 0) is 47.2 Å². The Hall–Kier alpha value is -3.09. The molecule has 0 saturated heterocycles. The van der Waals surface area contributed by atoms with Crippen molar-refractivity contribution in [1.29, 1.82) is 0 Å². The number of nitrogens with two attached hydrogens (primary N) is 1. The molecule has 2 aromatic carbocycles. The van der Waals surface area contributed by atoms with Crippen molar-refractivity contribution in [2.24, 2.45) is 5.73 Å². The normalized spacial score (nSPS) is 19.4. The molecule has 1 aromatic heterocycles. The molecule has 5 rings (SSSR count). The van der Waals surface area contributed by atoms with Gasteiger partial charge in [-0.15, -0.1) is 10.2 Å². The van der Waals surface area contributed by atoms with Crippen LogP contribution in [0.4, 0.5) is 22.0 Å². The number of hydrogen-bond donors (Lipinski definition) is 1. The summed E-state index contributed by atoms with van der Waals surface area (Å²) < 4.78 is 74.8. The SMILES string of the molecule is NC(CC(=O)N1CCn2c(nnc2C(F)(F)F)C1)C1(CCOCc2ccccc2Cl)CCc2cc(F)c(F)cc21. The van der Waals surface area contributed by atoms with E-state index in [1.807, 2.05) is 12.1 Å². The zero-order chi connectivity index (χ0) is 28.7. The maximum absolute atomic E-state index is 14.4. The van der Waals surface area contributed by atoms with Crippen molar-refractivity contribution >= 4 is 17.5 Å². The van der Waals surface area contributed by atoms with E-state index < -0.39 is 35.1 Å². The molecule has 0 spiro atoms. The van der Waals surface area contributed by atoms with Gasteiger partial charge >= 0.3 is 6.18 Å². The molecule has 0 bridgehead atoms. The van der Waals surface area contributed by atoms with Crippen LogP contribution in [0, 0.1) is 11.6 Å². The smallest absolute Gasteiger partial charge is 0.377 e. The average Bonchev–Trinajstić information content (AvgIpc) is 3.50. The van der Waals surface area contributed by atoms with Crippen LogP contribution in [0.15, 0.2) is 36.4 Å². The molecule has 1 amide bonds. The standard InChI is InChI=1S/C27H27ClF5N5O2/c28-19-4-2-1-3-17(19)15-40-10-7-26(6-5-16-11-20(29)21(30)12-18(16)26)22(34)13-24(39)37-8-9-38-23(14-37)35-36-25(38)27(31,32)33/h1-4,11-12,22H,5-10,13-15,34H2. The fourth-order valence-corrected chi connectivity index (χ4v) is 5.92. The molecule has 0 saturated carbocycles. The van der Waals surface area contributed by atoms with Crippen LogP contribution in [0.1, 0.15) is 47.6 Å². The molecule has 2 atom stereocenters. The van der Waals surface area contributed by atoms with Crippen molar-refractivity contribution in [2.45, 2.75) is 63.0 Å². The highest BCUT2D eigenvalue weighted by atomic mass is 35.5. The van der Waals surface area contributed by atoms with Crippen molar-refractivity contribution in [3.05, 3.63) is 81.4 Å². The van der Waals surface area contributed by atoms with E-state index in [1.165, 1.54) is 11.0 Å². The molecular weight excluding hydrogens is 557 g/mol. The van der Waals surface area contributed by atoms with Gasteiger partial charge in [0.2, 0.25) is 11.7 Å². The van der Waals surface area contributed by atoms with Gasteiger partial charge in [0.1, 0.15) is 0 Å². The molecule has 13 heteroatoms. The Labute approximate surface area is 232 Å². The third-order valence-electron chi connectivity index (χ3n) is 7.89. The van der Waals surface area contributed by atoms with Crippen molar-refractivity contribution in [1.82, 2.24) is 19.7 Å². The van der Waals surface area contributed by atoms with Gasteiger partial charge in [-0.05, 0) is 54.2 Å². The fraction of sp³-hybridized carbons (Fsp3) is 0.444. The highest BCUT2D eigenvalue weighted by molar-refractivity contribution is 6.31. The zero-order valence-corrected chi connectivity index (χ0v) is 22.1. The molecule has 1 aliphatic carbocycles. The number of carbonyl (C=O) groups is 1. The number of carbonyl (C=O) groups excluding carboxylic acids is 1. The Morgan fingerprint density at radius 1 is 1.15 bits per heavy atom. The number of benzene rings is 2. The van der Waals surface area contributed by atoms with Crippen LogP contribution in [0.3, 0.4) is 0 Å². The first kappa shape index (κ1) is 28.4. The first-order chi connectivity index (χ1) is 19.0. The van der Waals surface area contributed by atoms with Crippen molar-refractivity contribution in [2.75, 3.05) is 13.2 Å². The monoisotopic (exact) mass is 583 g/mol. The van der Waals surface area contributed by atoms with Gasteiger partial charge in [-0.25, -0.2) is 8.78 Å². The van der Waals surface area contributed by atoms with Gasteiger partial charge in [-0.2, -0.15) is 13.2 Å². The maximum atomic E-state index is 14.4. The van der Waals surface area contributed by atoms with Gasteiger partial charge in [-0.3, -0.25) is 4.79 Å². The summed E-state index contributed by atoms with van der Waals surface area (Å²) in [5.41, 5.74) is 7.76. The van der Waals surface area contributed by atoms with Gasteiger partial charge in [0.05, 0.1) is 13.2 Å². The minimum absolute atomic E-state index is 0.0318. The minimum atomic E-state index is -4.65. The number of aryl methyl sites for hydroxylation is 1. The van der Waals surface area contributed by atoms with E-state index >= 15 is 0 Å². The Morgan fingerprint density at radius 3 is 2.65 bits per heavy atom. The number of fused-ring (bicyclic) bond motifs is 2. The number of rotatable bonds is 8. The van der Waals surface area contributed by atoms with Crippen LogP contribution < -0.4 is 5.73 Å². The lowest BCUT2D eigenvalue weighted by atomic mass is 9.71. The molecule has 2 heterocycles. The van der Waals surface area contributed by atoms with Crippen molar-refractivity contribution in [3.63, 3.8) is 0 Å². The molecule has 1 aliphatic heterocycles. The second-order valence-electron chi connectivity index (χ2n) is 10.2. The first-order valence-electron chi connectivity index (χ1n) is 12.8. The number of nitrogens with zero attached hydrogens (tertiary/aromatic N) is 4. The predicted molar refractivity (Wildman–Crippen MR) is 135 cm³/mol. The molecule has 3 aromatic rings. The zero-order valence-electron chi connectivity index (χ0n) is 21.4. The van der Waals surface area contributed by atoms with E-state index in [-0.39, 0.29) is 51.0 Å². The lowest BCUT2D eigenvalue weighted by molar-refractivity contribution is -0.148. The summed E-state index contributed by atoms with van der Waals surface area (Å²) >= 11 is 6.21. The van der Waals surface area contributed by atoms with Crippen molar-refractivity contribution in [3.8, 4) is 0 Å². The number of amides is 1. The van der Waals surface area contributed by atoms with Crippen molar-refractivity contribution < 1.29 is 31.5 Å². The lowest BCUT2D eigenvalue weighted by Crippen LogP contribution is -2.49. The Kier molecular flexibility index (Phi) is 7.86. The third-order valence-corrected chi connectivity index (χ3v) is 8.26. The Balaban J connectivity index is 1.32. The quantitative estimate of drug-likeness (QED) is 0.305. The summed E-state index contributed by atoms with van der Waals surface area (Å²) in [4.78, 5) is 14.7. The van der Waals surface area contributed by atoms with Crippen LogP contribution in [0.5, 0.6) is 0 Å². The largest absolute Gasteiger partial charge is 0.451 e.